The molecule has 5 heteroatoms. The molecule has 2 atom stereocenters. The first-order valence-electron chi connectivity index (χ1n) is 7.60. The second-order valence-corrected chi connectivity index (χ2v) is 6.34. The number of hydrogen-bond acceptors (Lipinski definition) is 5. The molecule has 1 saturated heterocycles. The second-order valence-electron chi connectivity index (χ2n) is 6.34. The summed E-state index contributed by atoms with van der Waals surface area (Å²) >= 11 is 0. The molecule has 2 N–H and O–H groups in total. The van der Waals surface area contributed by atoms with Crippen molar-refractivity contribution in [2.45, 2.75) is 39.1 Å². The molecule has 0 aromatic heterocycles. The van der Waals surface area contributed by atoms with Crippen LogP contribution in [0.15, 0.2) is 12.1 Å². The molecule has 0 aliphatic carbocycles. The fourth-order valence-electron chi connectivity index (χ4n) is 3.33. The first kappa shape index (κ1) is 14.6. The number of hydrogen-bond donors (Lipinski definition) is 1. The molecule has 21 heavy (non-hydrogen) atoms. The Bertz CT molecular complexity index is 508. The Kier molecular flexibility index (Phi) is 4.06. The standard InChI is InChI=1S/C16H25N3O2/c1-11-6-19(7-12(2)18(11)3)8-13-4-15(17)5-14-9-20-10-21-16(13)14/h4-5,11-12H,6-10,17H2,1-3H3. The molecular weight excluding hydrogens is 266 g/mol. The van der Waals surface area contributed by atoms with Crippen molar-refractivity contribution in [3.63, 3.8) is 0 Å². The maximum absolute atomic E-state index is 6.03. The molecule has 5 nitrogen and oxygen atoms in total. The highest BCUT2D eigenvalue weighted by Gasteiger charge is 2.27. The molecule has 1 aromatic carbocycles. The van der Waals surface area contributed by atoms with Gasteiger partial charge in [0.1, 0.15) is 5.75 Å². The van der Waals surface area contributed by atoms with Gasteiger partial charge in [-0.25, -0.2) is 0 Å². The van der Waals surface area contributed by atoms with Crippen molar-refractivity contribution in [3.05, 3.63) is 23.3 Å². The van der Waals surface area contributed by atoms with Gasteiger partial charge in [-0.05, 0) is 33.0 Å². The third-order valence-corrected chi connectivity index (χ3v) is 4.64. The summed E-state index contributed by atoms with van der Waals surface area (Å²) in [6.07, 6.45) is 0. The van der Waals surface area contributed by atoms with Crippen molar-refractivity contribution in [1.29, 1.82) is 0 Å². The normalized spacial score (nSPS) is 27.2. The van der Waals surface area contributed by atoms with Crippen LogP contribution in [0.4, 0.5) is 5.69 Å². The first-order chi connectivity index (χ1) is 10.0. The van der Waals surface area contributed by atoms with E-state index in [-0.39, 0.29) is 0 Å². The minimum atomic E-state index is 0.333. The van der Waals surface area contributed by atoms with Crippen molar-refractivity contribution >= 4 is 5.69 Å². The zero-order chi connectivity index (χ0) is 15.0. The van der Waals surface area contributed by atoms with Gasteiger partial charge in [0.05, 0.1) is 6.61 Å². The second kappa shape index (κ2) is 5.83. The van der Waals surface area contributed by atoms with Crippen LogP contribution in [0.25, 0.3) is 0 Å². The number of nitrogen functional groups attached to an aromatic ring is 1. The van der Waals surface area contributed by atoms with E-state index in [2.05, 4.69) is 30.7 Å². The molecule has 0 amide bonds. The minimum absolute atomic E-state index is 0.333. The van der Waals surface area contributed by atoms with Crippen molar-refractivity contribution < 1.29 is 9.47 Å². The van der Waals surface area contributed by atoms with Crippen LogP contribution in [0.2, 0.25) is 0 Å². The van der Waals surface area contributed by atoms with Crippen molar-refractivity contribution in [2.24, 2.45) is 0 Å². The lowest BCUT2D eigenvalue weighted by Crippen LogP contribution is -2.54. The SMILES string of the molecule is CC1CN(Cc2cc(N)cc3c2OCOC3)CC(C)N1C. The molecule has 2 heterocycles. The number of nitrogens with zero attached hydrogens (tertiary/aromatic N) is 2. The maximum atomic E-state index is 6.03. The van der Waals surface area contributed by atoms with Gasteiger partial charge in [0, 0.05) is 48.5 Å². The zero-order valence-corrected chi connectivity index (χ0v) is 13.1. The summed E-state index contributed by atoms with van der Waals surface area (Å²) in [5.41, 5.74) is 9.05. The minimum Gasteiger partial charge on any atom is -0.467 e. The number of rotatable bonds is 2. The highest BCUT2D eigenvalue weighted by Crippen LogP contribution is 2.32. The number of nitrogens with two attached hydrogens (primary N) is 1. The highest BCUT2D eigenvalue weighted by atomic mass is 16.7. The fourth-order valence-corrected chi connectivity index (χ4v) is 3.33. The maximum Gasteiger partial charge on any atom is 0.189 e. The molecule has 1 aromatic rings. The van der Waals surface area contributed by atoms with Gasteiger partial charge in [-0.1, -0.05) is 0 Å². The van der Waals surface area contributed by atoms with Gasteiger partial charge in [0.25, 0.3) is 0 Å². The molecule has 116 valence electrons. The van der Waals surface area contributed by atoms with Gasteiger partial charge in [0.15, 0.2) is 6.79 Å². The molecular formula is C16H25N3O2. The summed E-state index contributed by atoms with van der Waals surface area (Å²) in [5, 5.41) is 0. The quantitative estimate of drug-likeness (QED) is 0.840. The monoisotopic (exact) mass is 291 g/mol. The Morgan fingerprint density at radius 2 is 1.95 bits per heavy atom. The van der Waals surface area contributed by atoms with Crippen LogP contribution >= 0.6 is 0 Å². The van der Waals surface area contributed by atoms with Crippen LogP contribution < -0.4 is 10.5 Å². The van der Waals surface area contributed by atoms with E-state index in [1.54, 1.807) is 0 Å². The summed E-state index contributed by atoms with van der Waals surface area (Å²) in [7, 11) is 2.20. The number of benzene rings is 1. The summed E-state index contributed by atoms with van der Waals surface area (Å²) in [4.78, 5) is 4.93. The van der Waals surface area contributed by atoms with E-state index in [0.29, 0.717) is 25.5 Å². The number of anilines is 1. The smallest absolute Gasteiger partial charge is 0.189 e. The zero-order valence-electron chi connectivity index (χ0n) is 13.1. The predicted octanol–water partition coefficient (Wildman–Crippen LogP) is 1.66. The third kappa shape index (κ3) is 3.00. The topological polar surface area (TPSA) is 51.0 Å². The Labute approximate surface area is 126 Å². The Morgan fingerprint density at radius 3 is 2.67 bits per heavy atom. The summed E-state index contributed by atoms with van der Waals surface area (Å²) in [6.45, 7) is 8.50. The lowest BCUT2D eigenvalue weighted by Gasteiger charge is -2.42. The summed E-state index contributed by atoms with van der Waals surface area (Å²) in [5.74, 6) is 0.967. The van der Waals surface area contributed by atoms with E-state index in [0.717, 1.165) is 36.6 Å². The van der Waals surface area contributed by atoms with Gasteiger partial charge in [-0.15, -0.1) is 0 Å². The van der Waals surface area contributed by atoms with E-state index in [1.165, 1.54) is 5.56 Å². The van der Waals surface area contributed by atoms with E-state index in [4.69, 9.17) is 15.2 Å². The van der Waals surface area contributed by atoms with Gasteiger partial charge in [-0.2, -0.15) is 0 Å². The van der Waals surface area contributed by atoms with E-state index in [9.17, 15) is 0 Å². The van der Waals surface area contributed by atoms with Gasteiger partial charge in [-0.3, -0.25) is 9.80 Å². The molecule has 1 fully saturated rings. The van der Waals surface area contributed by atoms with Crippen LogP contribution in [0.1, 0.15) is 25.0 Å². The van der Waals surface area contributed by atoms with Crippen LogP contribution in [-0.4, -0.2) is 48.8 Å². The van der Waals surface area contributed by atoms with Crippen molar-refractivity contribution in [2.75, 3.05) is 32.7 Å². The van der Waals surface area contributed by atoms with Crippen LogP contribution in [0, 0.1) is 0 Å². The average molecular weight is 291 g/mol. The van der Waals surface area contributed by atoms with Crippen LogP contribution in [-0.2, 0) is 17.9 Å². The average Bonchev–Trinajstić information content (AvgIpc) is 2.44. The van der Waals surface area contributed by atoms with Crippen molar-refractivity contribution in [1.82, 2.24) is 9.80 Å². The van der Waals surface area contributed by atoms with E-state index >= 15 is 0 Å². The van der Waals surface area contributed by atoms with E-state index < -0.39 is 0 Å². The lowest BCUT2D eigenvalue weighted by molar-refractivity contribution is -0.0180. The Balaban J connectivity index is 1.80. The van der Waals surface area contributed by atoms with E-state index in [1.807, 2.05) is 12.1 Å². The highest BCUT2D eigenvalue weighted by molar-refractivity contribution is 5.53. The first-order valence-corrected chi connectivity index (χ1v) is 7.60. The van der Waals surface area contributed by atoms with Crippen LogP contribution in [0.3, 0.4) is 0 Å². The van der Waals surface area contributed by atoms with Crippen molar-refractivity contribution in [3.8, 4) is 5.75 Å². The molecule has 3 rings (SSSR count). The molecule has 2 aliphatic rings. The third-order valence-electron chi connectivity index (χ3n) is 4.64. The molecule has 0 saturated carbocycles. The Hall–Kier alpha value is -1.30. The molecule has 0 bridgehead atoms. The summed E-state index contributed by atoms with van der Waals surface area (Å²) in [6, 6.07) is 5.12. The molecule has 0 radical (unpaired) electrons. The molecule has 2 unspecified atom stereocenters. The fraction of sp³-hybridized carbons (Fsp3) is 0.625. The molecule has 0 spiro atoms. The number of ether oxygens (including phenoxy) is 2. The van der Waals surface area contributed by atoms with Gasteiger partial charge < -0.3 is 15.2 Å². The van der Waals surface area contributed by atoms with Gasteiger partial charge in [0.2, 0.25) is 0 Å². The largest absolute Gasteiger partial charge is 0.467 e. The number of fused-ring (bicyclic) bond motifs is 1. The Morgan fingerprint density at radius 1 is 1.24 bits per heavy atom. The number of likely N-dealkylation sites (N-methyl/N-ethyl adjacent to an activating group) is 1. The lowest BCUT2D eigenvalue weighted by atomic mass is 10.0. The predicted molar refractivity (Wildman–Crippen MR) is 83.1 cm³/mol. The number of piperazine rings is 1. The van der Waals surface area contributed by atoms with Crippen LogP contribution in [0.5, 0.6) is 5.75 Å². The van der Waals surface area contributed by atoms with Gasteiger partial charge >= 0.3 is 0 Å². The molecule has 2 aliphatic heterocycles. The summed E-state index contributed by atoms with van der Waals surface area (Å²) < 4.78 is 11.1.